The molecule has 3 aromatic heterocycles. The number of amides is 2. The quantitative estimate of drug-likeness (QED) is 0.373. The van der Waals surface area contributed by atoms with Gasteiger partial charge < -0.3 is 21.0 Å². The third-order valence-corrected chi connectivity index (χ3v) is 4.78. The second-order valence-electron chi connectivity index (χ2n) is 7.68. The molecule has 31 heavy (non-hydrogen) atoms. The zero-order chi connectivity index (χ0) is 22.7. The van der Waals surface area contributed by atoms with Crippen LogP contribution in [0.5, 0.6) is 0 Å². The van der Waals surface area contributed by atoms with Crippen LogP contribution in [0.2, 0.25) is 0 Å². The Morgan fingerprint density at radius 3 is 2.52 bits per heavy atom. The van der Waals surface area contributed by atoms with Crippen molar-refractivity contribution < 1.29 is 9.59 Å². The van der Waals surface area contributed by atoms with Crippen molar-refractivity contribution in [2.24, 2.45) is 5.92 Å². The summed E-state index contributed by atoms with van der Waals surface area (Å²) in [7, 11) is 0. The molecule has 9 nitrogen and oxygen atoms in total. The second-order valence-corrected chi connectivity index (χ2v) is 7.68. The van der Waals surface area contributed by atoms with Crippen molar-refractivity contribution >= 4 is 40.0 Å². The molecule has 0 bridgehead atoms. The van der Waals surface area contributed by atoms with Gasteiger partial charge in [-0.1, -0.05) is 6.92 Å². The standard InChI is InChI=1S/C22H25N7O2/c1-11(2)27-21(30)18-8-14(5-6-25-18)17-9-15-7-16(10-26-20(15)29-17)28-22(31)19(24)12(3)13(4)23/h5-12,23-24H,1-4H3,(H,26,29)(H,27,30)(H,28,31). The number of aromatic amines is 1. The van der Waals surface area contributed by atoms with Crippen LogP contribution in [-0.4, -0.2) is 44.2 Å². The fourth-order valence-electron chi connectivity index (χ4n) is 2.91. The number of hydrogen-bond acceptors (Lipinski definition) is 6. The number of H-pyrrole nitrogens is 1. The fourth-order valence-corrected chi connectivity index (χ4v) is 2.91. The average molecular weight is 419 g/mol. The van der Waals surface area contributed by atoms with E-state index in [1.807, 2.05) is 19.9 Å². The van der Waals surface area contributed by atoms with E-state index in [0.717, 1.165) is 16.6 Å². The van der Waals surface area contributed by atoms with Crippen LogP contribution in [0.25, 0.3) is 22.3 Å². The molecule has 3 aromatic rings. The number of fused-ring (bicyclic) bond motifs is 1. The van der Waals surface area contributed by atoms with E-state index >= 15 is 0 Å². The van der Waals surface area contributed by atoms with Gasteiger partial charge in [-0.3, -0.25) is 20.0 Å². The lowest BCUT2D eigenvalue weighted by Gasteiger charge is -2.11. The SMILES string of the molecule is CC(=N)C(C)C(=N)C(=O)Nc1cnc2[nH]c(-c3ccnc(C(=O)NC(C)C)c3)cc2c1. The molecule has 0 fully saturated rings. The highest BCUT2D eigenvalue weighted by Gasteiger charge is 2.19. The lowest BCUT2D eigenvalue weighted by atomic mass is 10.0. The van der Waals surface area contributed by atoms with Crippen molar-refractivity contribution in [3.8, 4) is 11.3 Å². The number of carbonyl (C=O) groups excluding carboxylic acids is 2. The van der Waals surface area contributed by atoms with Crippen molar-refractivity contribution in [1.29, 1.82) is 10.8 Å². The Labute approximate surface area is 179 Å². The summed E-state index contributed by atoms with van der Waals surface area (Å²) in [6, 6.07) is 7.13. The lowest BCUT2D eigenvalue weighted by molar-refractivity contribution is -0.110. The predicted octanol–water partition coefficient (Wildman–Crippen LogP) is 3.40. The van der Waals surface area contributed by atoms with Gasteiger partial charge >= 0.3 is 0 Å². The van der Waals surface area contributed by atoms with Crippen molar-refractivity contribution in [2.75, 3.05) is 5.32 Å². The maximum atomic E-state index is 12.3. The molecule has 0 aromatic carbocycles. The molecule has 9 heteroatoms. The molecule has 0 spiro atoms. The normalized spacial score (nSPS) is 11.9. The van der Waals surface area contributed by atoms with Gasteiger partial charge in [0, 0.05) is 40.5 Å². The molecule has 160 valence electrons. The molecule has 2 amide bonds. The van der Waals surface area contributed by atoms with Crippen LogP contribution >= 0.6 is 0 Å². The zero-order valence-corrected chi connectivity index (χ0v) is 17.8. The van der Waals surface area contributed by atoms with E-state index in [-0.39, 0.29) is 23.4 Å². The Hall–Kier alpha value is -3.88. The summed E-state index contributed by atoms with van der Waals surface area (Å²) >= 11 is 0. The van der Waals surface area contributed by atoms with Gasteiger partial charge in [-0.25, -0.2) is 4.98 Å². The Morgan fingerprint density at radius 1 is 1.10 bits per heavy atom. The van der Waals surface area contributed by atoms with E-state index < -0.39 is 11.8 Å². The van der Waals surface area contributed by atoms with E-state index in [4.69, 9.17) is 10.8 Å². The number of rotatable bonds is 7. The van der Waals surface area contributed by atoms with Crippen molar-refractivity contribution in [3.05, 3.63) is 42.4 Å². The second kappa shape index (κ2) is 8.86. The van der Waals surface area contributed by atoms with Crippen LogP contribution in [0, 0.1) is 16.7 Å². The maximum Gasteiger partial charge on any atom is 0.270 e. The van der Waals surface area contributed by atoms with Crippen LogP contribution in [-0.2, 0) is 4.79 Å². The number of nitrogens with one attached hydrogen (secondary N) is 5. The molecule has 0 aliphatic rings. The summed E-state index contributed by atoms with van der Waals surface area (Å²) in [6.45, 7) is 6.98. The lowest BCUT2D eigenvalue weighted by Crippen LogP contribution is -2.30. The smallest absolute Gasteiger partial charge is 0.270 e. The number of hydrogen-bond donors (Lipinski definition) is 5. The maximum absolute atomic E-state index is 12.3. The van der Waals surface area contributed by atoms with Gasteiger partial charge in [-0.2, -0.15) is 0 Å². The first-order chi connectivity index (χ1) is 14.7. The number of nitrogens with zero attached hydrogens (tertiary/aromatic N) is 2. The third-order valence-electron chi connectivity index (χ3n) is 4.78. The number of anilines is 1. The molecule has 5 N–H and O–H groups in total. The van der Waals surface area contributed by atoms with Gasteiger partial charge in [0.05, 0.1) is 11.9 Å². The molecule has 1 unspecified atom stereocenters. The van der Waals surface area contributed by atoms with Crippen LogP contribution in [0.3, 0.4) is 0 Å². The van der Waals surface area contributed by atoms with Crippen LogP contribution < -0.4 is 10.6 Å². The van der Waals surface area contributed by atoms with Crippen LogP contribution in [0.15, 0.2) is 36.7 Å². The monoisotopic (exact) mass is 419 g/mol. The molecule has 1 atom stereocenters. The molecule has 0 aliphatic carbocycles. The number of aromatic nitrogens is 3. The Balaban J connectivity index is 1.83. The third kappa shape index (κ3) is 5.00. The van der Waals surface area contributed by atoms with Gasteiger partial charge in [0.25, 0.3) is 11.8 Å². The molecule has 0 radical (unpaired) electrons. The van der Waals surface area contributed by atoms with Crippen molar-refractivity contribution in [3.63, 3.8) is 0 Å². The molecular formula is C22H25N7O2. The van der Waals surface area contributed by atoms with Crippen molar-refractivity contribution in [2.45, 2.75) is 33.7 Å². The minimum absolute atomic E-state index is 0.0104. The molecule has 3 heterocycles. The molecule has 0 saturated heterocycles. The summed E-state index contributed by atoms with van der Waals surface area (Å²) in [5, 5.41) is 21.8. The van der Waals surface area contributed by atoms with E-state index in [1.54, 1.807) is 38.2 Å². The molecular weight excluding hydrogens is 394 g/mol. The Kier molecular flexibility index (Phi) is 6.24. The van der Waals surface area contributed by atoms with E-state index in [1.165, 1.54) is 6.20 Å². The first-order valence-corrected chi connectivity index (χ1v) is 9.86. The summed E-state index contributed by atoms with van der Waals surface area (Å²) in [5.74, 6) is -1.36. The van der Waals surface area contributed by atoms with Crippen LogP contribution in [0.4, 0.5) is 5.69 Å². The van der Waals surface area contributed by atoms with Gasteiger partial charge in [-0.15, -0.1) is 0 Å². The minimum Gasteiger partial charge on any atom is -0.349 e. The van der Waals surface area contributed by atoms with Gasteiger partial charge in [-0.05, 0) is 45.0 Å². The van der Waals surface area contributed by atoms with Gasteiger partial charge in [0.2, 0.25) is 0 Å². The number of carbonyl (C=O) groups is 2. The van der Waals surface area contributed by atoms with Gasteiger partial charge in [0.1, 0.15) is 17.1 Å². The van der Waals surface area contributed by atoms with E-state index in [0.29, 0.717) is 17.0 Å². The highest BCUT2D eigenvalue weighted by molar-refractivity contribution is 6.45. The van der Waals surface area contributed by atoms with E-state index in [9.17, 15) is 9.59 Å². The van der Waals surface area contributed by atoms with Crippen LogP contribution in [0.1, 0.15) is 38.2 Å². The fraction of sp³-hybridized carbons (Fsp3) is 0.273. The van der Waals surface area contributed by atoms with Gasteiger partial charge in [0.15, 0.2) is 0 Å². The average Bonchev–Trinajstić information content (AvgIpc) is 3.15. The predicted molar refractivity (Wildman–Crippen MR) is 121 cm³/mol. The van der Waals surface area contributed by atoms with E-state index in [2.05, 4.69) is 25.6 Å². The molecule has 3 rings (SSSR count). The summed E-state index contributed by atoms with van der Waals surface area (Å²) in [6.07, 6.45) is 3.08. The topological polar surface area (TPSA) is 147 Å². The Morgan fingerprint density at radius 2 is 1.84 bits per heavy atom. The summed E-state index contributed by atoms with van der Waals surface area (Å²) in [5.41, 5.74) is 3.01. The molecule has 0 aliphatic heterocycles. The minimum atomic E-state index is -0.564. The number of pyridine rings is 2. The molecule has 0 saturated carbocycles. The first-order valence-electron chi connectivity index (χ1n) is 9.86. The largest absolute Gasteiger partial charge is 0.349 e. The Bertz CT molecular complexity index is 1180. The zero-order valence-electron chi connectivity index (χ0n) is 17.8. The highest BCUT2D eigenvalue weighted by Crippen LogP contribution is 2.25. The van der Waals surface area contributed by atoms with Crippen molar-refractivity contribution in [1.82, 2.24) is 20.3 Å². The summed E-state index contributed by atoms with van der Waals surface area (Å²) in [4.78, 5) is 36.2. The summed E-state index contributed by atoms with van der Waals surface area (Å²) < 4.78 is 0. The highest BCUT2D eigenvalue weighted by atomic mass is 16.2. The first kappa shape index (κ1) is 21.8.